The first-order valence-corrected chi connectivity index (χ1v) is 11.1. The molecule has 8 heteroatoms. The van der Waals surface area contributed by atoms with Crippen molar-refractivity contribution < 1.29 is 23.5 Å². The number of carbonyl (C=O) groups is 2. The number of hydrogen-bond donors (Lipinski definition) is 1. The summed E-state index contributed by atoms with van der Waals surface area (Å²) in [6.45, 7) is 2.50. The molecule has 2 heterocycles. The Bertz CT molecular complexity index is 1480. The first-order valence-electron chi connectivity index (χ1n) is 11.1. The molecule has 1 aromatic heterocycles. The summed E-state index contributed by atoms with van der Waals surface area (Å²) in [6, 6.07) is 21.1. The van der Waals surface area contributed by atoms with Gasteiger partial charge in [0.1, 0.15) is 29.3 Å². The number of para-hydroxylation sites is 1. The molecule has 176 valence electrons. The van der Waals surface area contributed by atoms with E-state index < -0.39 is 11.5 Å². The van der Waals surface area contributed by atoms with Crippen LogP contribution in [0, 0.1) is 6.92 Å². The van der Waals surface area contributed by atoms with Gasteiger partial charge in [0.05, 0.1) is 12.2 Å². The van der Waals surface area contributed by atoms with Crippen molar-refractivity contribution in [3.05, 3.63) is 94.3 Å². The van der Waals surface area contributed by atoms with Crippen LogP contribution in [0.15, 0.2) is 82.0 Å². The van der Waals surface area contributed by atoms with Crippen LogP contribution in [0.2, 0.25) is 0 Å². The maximum absolute atomic E-state index is 12.8. The summed E-state index contributed by atoms with van der Waals surface area (Å²) in [5.74, 6) is 0.403. The molecule has 0 aliphatic carbocycles. The number of nitrogens with zero attached hydrogens (tertiary/aromatic N) is 1. The lowest BCUT2D eigenvalue weighted by Gasteiger charge is -2.29. The van der Waals surface area contributed by atoms with Gasteiger partial charge in [-0.25, -0.2) is 4.79 Å². The van der Waals surface area contributed by atoms with E-state index in [0.717, 1.165) is 5.56 Å². The van der Waals surface area contributed by atoms with Gasteiger partial charge < -0.3 is 24.1 Å². The van der Waals surface area contributed by atoms with Crippen LogP contribution in [-0.4, -0.2) is 31.6 Å². The highest BCUT2D eigenvalue weighted by Gasteiger charge is 2.26. The fraction of sp³-hybridized carbons (Fsp3) is 0.148. The first-order chi connectivity index (χ1) is 17.0. The van der Waals surface area contributed by atoms with Gasteiger partial charge in [0.25, 0.3) is 11.8 Å². The lowest BCUT2D eigenvalue weighted by molar-refractivity contribution is -0.121. The predicted octanol–water partition coefficient (Wildman–Crippen LogP) is 4.16. The Morgan fingerprint density at radius 1 is 1.03 bits per heavy atom. The van der Waals surface area contributed by atoms with Crippen LogP contribution < -0.4 is 25.3 Å². The van der Waals surface area contributed by atoms with Crippen LogP contribution in [0.25, 0.3) is 11.0 Å². The van der Waals surface area contributed by atoms with Crippen molar-refractivity contribution in [2.24, 2.45) is 0 Å². The third-order valence-electron chi connectivity index (χ3n) is 5.65. The van der Waals surface area contributed by atoms with E-state index in [1.807, 2.05) is 31.2 Å². The molecule has 3 aromatic carbocycles. The van der Waals surface area contributed by atoms with E-state index in [9.17, 15) is 14.4 Å². The molecule has 8 nitrogen and oxygen atoms in total. The Morgan fingerprint density at radius 2 is 1.83 bits per heavy atom. The SMILES string of the molecule is Cc1ccc(OCCN2C(=O)COc3ccc(NC(=O)c4cc5ccccc5oc4=O)cc32)cc1. The molecule has 0 radical (unpaired) electrons. The highest BCUT2D eigenvalue weighted by atomic mass is 16.5. The molecule has 1 N–H and O–H groups in total. The number of amides is 2. The quantitative estimate of drug-likeness (QED) is 0.425. The number of nitrogens with one attached hydrogen (secondary N) is 1. The number of carbonyl (C=O) groups excluding carboxylic acids is 2. The van der Waals surface area contributed by atoms with Crippen LogP contribution in [0.5, 0.6) is 11.5 Å². The molecule has 0 fully saturated rings. The van der Waals surface area contributed by atoms with Gasteiger partial charge >= 0.3 is 5.63 Å². The van der Waals surface area contributed by atoms with E-state index in [-0.39, 0.29) is 24.7 Å². The molecule has 4 aromatic rings. The predicted molar refractivity (Wildman–Crippen MR) is 131 cm³/mol. The van der Waals surface area contributed by atoms with Gasteiger partial charge in [-0.15, -0.1) is 0 Å². The zero-order chi connectivity index (χ0) is 24.4. The van der Waals surface area contributed by atoms with Crippen LogP contribution >= 0.6 is 0 Å². The highest BCUT2D eigenvalue weighted by molar-refractivity contribution is 6.06. The van der Waals surface area contributed by atoms with Crippen LogP contribution in [0.4, 0.5) is 11.4 Å². The Morgan fingerprint density at radius 3 is 2.66 bits per heavy atom. The topological polar surface area (TPSA) is 98.1 Å². The summed E-state index contributed by atoms with van der Waals surface area (Å²) in [5.41, 5.74) is 1.61. The molecular formula is C27H22N2O6. The van der Waals surface area contributed by atoms with Crippen molar-refractivity contribution in [2.45, 2.75) is 6.92 Å². The molecule has 35 heavy (non-hydrogen) atoms. The molecule has 0 saturated heterocycles. The van der Waals surface area contributed by atoms with Crippen molar-refractivity contribution in [2.75, 3.05) is 30.0 Å². The number of hydrogen-bond acceptors (Lipinski definition) is 6. The van der Waals surface area contributed by atoms with Crippen LogP contribution in [-0.2, 0) is 4.79 Å². The number of aryl methyl sites for hydroxylation is 1. The average molecular weight is 470 g/mol. The van der Waals surface area contributed by atoms with Gasteiger partial charge in [0, 0.05) is 11.1 Å². The van der Waals surface area contributed by atoms with Gasteiger partial charge in [-0.05, 0) is 49.4 Å². The maximum Gasteiger partial charge on any atom is 0.349 e. The van der Waals surface area contributed by atoms with Crippen molar-refractivity contribution >= 4 is 34.2 Å². The van der Waals surface area contributed by atoms with E-state index in [2.05, 4.69) is 5.32 Å². The summed E-state index contributed by atoms with van der Waals surface area (Å²) in [5, 5.41) is 3.35. The minimum absolute atomic E-state index is 0.0820. The van der Waals surface area contributed by atoms with E-state index in [0.29, 0.717) is 40.4 Å². The van der Waals surface area contributed by atoms with Crippen LogP contribution in [0.3, 0.4) is 0 Å². The number of benzene rings is 3. The summed E-state index contributed by atoms with van der Waals surface area (Å²) >= 11 is 0. The highest BCUT2D eigenvalue weighted by Crippen LogP contribution is 2.34. The molecule has 5 rings (SSSR count). The zero-order valence-corrected chi connectivity index (χ0v) is 18.9. The molecule has 0 saturated carbocycles. The lowest BCUT2D eigenvalue weighted by atomic mass is 10.1. The molecule has 0 bridgehead atoms. The minimum Gasteiger partial charge on any atom is -0.492 e. The van der Waals surface area contributed by atoms with E-state index in [1.54, 1.807) is 47.4 Å². The standard InChI is InChI=1S/C27H22N2O6/c1-17-6-9-20(10-7-17)33-13-12-29-22-15-19(8-11-24(22)34-16-25(29)30)28-26(31)21-14-18-4-2-3-5-23(18)35-27(21)32/h2-11,14-15H,12-13,16H2,1H3,(H,28,31). The second-order valence-electron chi connectivity index (χ2n) is 8.12. The van der Waals surface area contributed by atoms with Crippen molar-refractivity contribution in [1.82, 2.24) is 0 Å². The Balaban J connectivity index is 1.34. The van der Waals surface area contributed by atoms with Gasteiger partial charge in [0.2, 0.25) is 0 Å². The molecule has 0 spiro atoms. The van der Waals surface area contributed by atoms with Gasteiger partial charge in [-0.3, -0.25) is 9.59 Å². The molecule has 0 unspecified atom stereocenters. The molecule has 0 atom stereocenters. The van der Waals surface area contributed by atoms with Crippen molar-refractivity contribution in [3.8, 4) is 11.5 Å². The second-order valence-corrected chi connectivity index (χ2v) is 8.12. The Labute approximate surface area is 200 Å². The monoisotopic (exact) mass is 470 g/mol. The van der Waals surface area contributed by atoms with E-state index in [4.69, 9.17) is 13.9 Å². The third kappa shape index (κ3) is 4.72. The summed E-state index contributed by atoms with van der Waals surface area (Å²) < 4.78 is 16.6. The number of anilines is 2. The smallest absolute Gasteiger partial charge is 0.349 e. The van der Waals surface area contributed by atoms with Gasteiger partial charge in [-0.2, -0.15) is 0 Å². The summed E-state index contributed by atoms with van der Waals surface area (Å²) in [7, 11) is 0. The molecule has 1 aliphatic heterocycles. The third-order valence-corrected chi connectivity index (χ3v) is 5.65. The minimum atomic E-state index is -0.729. The maximum atomic E-state index is 12.8. The number of ether oxygens (including phenoxy) is 2. The molecular weight excluding hydrogens is 448 g/mol. The first kappa shape index (κ1) is 22.2. The lowest BCUT2D eigenvalue weighted by Crippen LogP contribution is -2.41. The fourth-order valence-electron chi connectivity index (χ4n) is 3.83. The largest absolute Gasteiger partial charge is 0.492 e. The van der Waals surface area contributed by atoms with E-state index >= 15 is 0 Å². The van der Waals surface area contributed by atoms with Gasteiger partial charge in [0.15, 0.2) is 6.61 Å². The van der Waals surface area contributed by atoms with Crippen molar-refractivity contribution in [1.29, 1.82) is 0 Å². The molecule has 2 amide bonds. The van der Waals surface area contributed by atoms with Gasteiger partial charge in [-0.1, -0.05) is 35.9 Å². The molecule has 1 aliphatic rings. The summed E-state index contributed by atoms with van der Waals surface area (Å²) in [6.07, 6.45) is 0. The zero-order valence-electron chi connectivity index (χ0n) is 18.9. The average Bonchev–Trinajstić information content (AvgIpc) is 2.86. The number of fused-ring (bicyclic) bond motifs is 2. The normalized spacial score (nSPS) is 12.7. The summed E-state index contributed by atoms with van der Waals surface area (Å²) in [4.78, 5) is 39.3. The van der Waals surface area contributed by atoms with Crippen molar-refractivity contribution in [3.63, 3.8) is 0 Å². The number of rotatable bonds is 6. The van der Waals surface area contributed by atoms with E-state index in [1.165, 1.54) is 6.07 Å². The Kier molecular flexibility index (Phi) is 5.93. The van der Waals surface area contributed by atoms with Crippen LogP contribution in [0.1, 0.15) is 15.9 Å². The fourth-order valence-corrected chi connectivity index (χ4v) is 3.83. The Hall–Kier alpha value is -4.59. The second kappa shape index (κ2) is 9.34.